The van der Waals surface area contributed by atoms with Crippen molar-refractivity contribution < 1.29 is 4.79 Å². The average Bonchev–Trinajstić information content (AvgIpc) is 2.52. The SMILES string of the molecule is CC(C)CCN1C(=O)Cc2cccc(N)c21. The van der Waals surface area contributed by atoms with Crippen molar-refractivity contribution in [1.29, 1.82) is 0 Å². The molecule has 0 aliphatic carbocycles. The molecule has 0 fully saturated rings. The molecule has 2 rings (SSSR count). The molecule has 0 atom stereocenters. The first-order chi connectivity index (χ1) is 7.59. The number of nitrogens with zero attached hydrogens (tertiary/aromatic N) is 1. The molecule has 3 heteroatoms. The van der Waals surface area contributed by atoms with Crippen molar-refractivity contribution in [3.8, 4) is 0 Å². The second kappa shape index (κ2) is 4.16. The molecule has 0 bridgehead atoms. The van der Waals surface area contributed by atoms with E-state index in [2.05, 4.69) is 13.8 Å². The summed E-state index contributed by atoms with van der Waals surface area (Å²) in [5.74, 6) is 0.773. The number of benzene rings is 1. The highest BCUT2D eigenvalue weighted by Gasteiger charge is 2.28. The molecule has 0 spiro atoms. The minimum atomic E-state index is 0.175. The first-order valence-electron chi connectivity index (χ1n) is 5.77. The second-order valence-corrected chi connectivity index (χ2v) is 4.76. The van der Waals surface area contributed by atoms with Crippen molar-refractivity contribution in [3.05, 3.63) is 23.8 Å². The predicted molar refractivity (Wildman–Crippen MR) is 66.4 cm³/mol. The molecule has 3 nitrogen and oxygen atoms in total. The van der Waals surface area contributed by atoms with Crippen LogP contribution in [0.3, 0.4) is 0 Å². The van der Waals surface area contributed by atoms with Crippen LogP contribution >= 0.6 is 0 Å². The summed E-state index contributed by atoms with van der Waals surface area (Å²) in [5, 5.41) is 0. The van der Waals surface area contributed by atoms with Crippen LogP contribution in [0.5, 0.6) is 0 Å². The van der Waals surface area contributed by atoms with E-state index >= 15 is 0 Å². The lowest BCUT2D eigenvalue weighted by Gasteiger charge is -2.20. The number of hydrogen-bond donors (Lipinski definition) is 1. The third-order valence-corrected chi connectivity index (χ3v) is 2.99. The highest BCUT2D eigenvalue weighted by molar-refractivity contribution is 6.04. The van der Waals surface area contributed by atoms with Gasteiger partial charge >= 0.3 is 0 Å². The molecule has 1 amide bonds. The zero-order valence-corrected chi connectivity index (χ0v) is 9.86. The summed E-state index contributed by atoms with van der Waals surface area (Å²) < 4.78 is 0. The van der Waals surface area contributed by atoms with Crippen LogP contribution in [-0.4, -0.2) is 12.5 Å². The first kappa shape index (κ1) is 11.0. The number of para-hydroxylation sites is 1. The summed E-state index contributed by atoms with van der Waals surface area (Å²) in [4.78, 5) is 13.7. The zero-order valence-electron chi connectivity index (χ0n) is 9.86. The van der Waals surface area contributed by atoms with E-state index < -0.39 is 0 Å². The monoisotopic (exact) mass is 218 g/mol. The summed E-state index contributed by atoms with van der Waals surface area (Å²) in [5.41, 5.74) is 8.65. The molecule has 1 aromatic rings. The number of fused-ring (bicyclic) bond motifs is 1. The summed E-state index contributed by atoms with van der Waals surface area (Å²) in [6, 6.07) is 5.76. The van der Waals surface area contributed by atoms with E-state index in [0.29, 0.717) is 18.0 Å². The van der Waals surface area contributed by atoms with Gasteiger partial charge in [0.05, 0.1) is 17.8 Å². The number of anilines is 2. The molecule has 2 N–H and O–H groups in total. The van der Waals surface area contributed by atoms with Gasteiger partial charge in [-0.2, -0.15) is 0 Å². The van der Waals surface area contributed by atoms with Crippen molar-refractivity contribution in [2.75, 3.05) is 17.2 Å². The quantitative estimate of drug-likeness (QED) is 0.791. The van der Waals surface area contributed by atoms with E-state index in [-0.39, 0.29) is 5.91 Å². The molecule has 0 saturated carbocycles. The van der Waals surface area contributed by atoms with Gasteiger partial charge in [-0.1, -0.05) is 26.0 Å². The second-order valence-electron chi connectivity index (χ2n) is 4.76. The normalized spacial score (nSPS) is 14.7. The van der Waals surface area contributed by atoms with Gasteiger partial charge in [-0.3, -0.25) is 4.79 Å². The number of rotatable bonds is 3. The number of carbonyl (C=O) groups is 1. The summed E-state index contributed by atoms with van der Waals surface area (Å²) in [7, 11) is 0. The maximum Gasteiger partial charge on any atom is 0.231 e. The Morgan fingerprint density at radius 2 is 2.19 bits per heavy atom. The zero-order chi connectivity index (χ0) is 11.7. The van der Waals surface area contributed by atoms with Gasteiger partial charge in [0, 0.05) is 6.54 Å². The maximum absolute atomic E-state index is 11.9. The minimum Gasteiger partial charge on any atom is -0.397 e. The van der Waals surface area contributed by atoms with Crippen LogP contribution in [0.25, 0.3) is 0 Å². The molecule has 0 aromatic heterocycles. The Kier molecular flexibility index (Phi) is 2.86. The van der Waals surface area contributed by atoms with Gasteiger partial charge in [0.1, 0.15) is 0 Å². The van der Waals surface area contributed by atoms with Gasteiger partial charge < -0.3 is 10.6 Å². The van der Waals surface area contributed by atoms with Gasteiger partial charge in [0.15, 0.2) is 0 Å². The van der Waals surface area contributed by atoms with Gasteiger partial charge in [0.25, 0.3) is 0 Å². The molecule has 16 heavy (non-hydrogen) atoms. The van der Waals surface area contributed by atoms with Crippen molar-refractivity contribution in [1.82, 2.24) is 0 Å². The van der Waals surface area contributed by atoms with Crippen molar-refractivity contribution in [2.24, 2.45) is 5.92 Å². The molecular weight excluding hydrogens is 200 g/mol. The van der Waals surface area contributed by atoms with Crippen LogP contribution in [0.1, 0.15) is 25.8 Å². The lowest BCUT2D eigenvalue weighted by molar-refractivity contribution is -0.117. The van der Waals surface area contributed by atoms with Crippen molar-refractivity contribution in [2.45, 2.75) is 26.7 Å². The Morgan fingerprint density at radius 1 is 1.44 bits per heavy atom. The van der Waals surface area contributed by atoms with Crippen molar-refractivity contribution >= 4 is 17.3 Å². The minimum absolute atomic E-state index is 0.175. The summed E-state index contributed by atoms with van der Waals surface area (Å²) in [6.07, 6.45) is 1.51. The van der Waals surface area contributed by atoms with Gasteiger partial charge in [-0.15, -0.1) is 0 Å². The fourth-order valence-corrected chi connectivity index (χ4v) is 2.09. The number of carbonyl (C=O) groups excluding carboxylic acids is 1. The maximum atomic E-state index is 11.9. The fourth-order valence-electron chi connectivity index (χ4n) is 2.09. The Hall–Kier alpha value is -1.51. The van der Waals surface area contributed by atoms with E-state index in [4.69, 9.17) is 5.73 Å². The largest absolute Gasteiger partial charge is 0.397 e. The standard InChI is InChI=1S/C13H18N2O/c1-9(2)6-7-15-12(16)8-10-4-3-5-11(14)13(10)15/h3-5,9H,6-8,14H2,1-2H3. The molecule has 1 aromatic carbocycles. The molecule has 0 saturated heterocycles. The van der Waals surface area contributed by atoms with Crippen molar-refractivity contribution in [3.63, 3.8) is 0 Å². The fraction of sp³-hybridized carbons (Fsp3) is 0.462. The number of hydrogen-bond acceptors (Lipinski definition) is 2. The highest BCUT2D eigenvalue weighted by Crippen LogP contribution is 2.34. The van der Waals surface area contributed by atoms with E-state index in [0.717, 1.165) is 24.2 Å². The summed E-state index contributed by atoms with van der Waals surface area (Å²) >= 11 is 0. The van der Waals surface area contributed by atoms with E-state index in [9.17, 15) is 4.79 Å². The Bertz CT molecular complexity index is 412. The van der Waals surface area contributed by atoms with Gasteiger partial charge in [-0.05, 0) is 24.0 Å². The molecule has 1 aliphatic heterocycles. The Balaban J connectivity index is 2.25. The van der Waals surface area contributed by atoms with E-state index in [1.54, 1.807) is 0 Å². The van der Waals surface area contributed by atoms with Crippen LogP contribution in [0, 0.1) is 5.92 Å². The third-order valence-electron chi connectivity index (χ3n) is 2.99. The van der Waals surface area contributed by atoms with Crippen LogP contribution < -0.4 is 10.6 Å². The smallest absolute Gasteiger partial charge is 0.231 e. The molecular formula is C13H18N2O. The summed E-state index contributed by atoms with van der Waals surface area (Å²) in [6.45, 7) is 5.10. The van der Waals surface area contributed by atoms with Gasteiger partial charge in [0.2, 0.25) is 5.91 Å². The molecule has 86 valence electrons. The van der Waals surface area contributed by atoms with Crippen LogP contribution in [0.2, 0.25) is 0 Å². The lowest BCUT2D eigenvalue weighted by atomic mass is 10.1. The van der Waals surface area contributed by atoms with Crippen LogP contribution in [-0.2, 0) is 11.2 Å². The van der Waals surface area contributed by atoms with E-state index in [1.165, 1.54) is 0 Å². The molecule has 1 heterocycles. The Morgan fingerprint density at radius 3 is 2.88 bits per heavy atom. The number of amides is 1. The van der Waals surface area contributed by atoms with Crippen LogP contribution in [0.15, 0.2) is 18.2 Å². The highest BCUT2D eigenvalue weighted by atomic mass is 16.2. The topological polar surface area (TPSA) is 46.3 Å². The molecule has 1 aliphatic rings. The lowest BCUT2D eigenvalue weighted by Crippen LogP contribution is -2.29. The third kappa shape index (κ3) is 1.90. The molecule has 0 radical (unpaired) electrons. The van der Waals surface area contributed by atoms with E-state index in [1.807, 2.05) is 23.1 Å². The average molecular weight is 218 g/mol. The van der Waals surface area contributed by atoms with Gasteiger partial charge in [-0.25, -0.2) is 0 Å². The number of nitrogens with two attached hydrogens (primary N) is 1. The Labute approximate surface area is 96.2 Å². The predicted octanol–water partition coefficient (Wildman–Crippen LogP) is 2.20. The number of nitrogen functional groups attached to an aromatic ring is 1. The first-order valence-corrected chi connectivity index (χ1v) is 5.77. The van der Waals surface area contributed by atoms with Crippen LogP contribution in [0.4, 0.5) is 11.4 Å². The molecule has 0 unspecified atom stereocenters.